The molecule has 1 rings (SSSR count). The minimum Gasteiger partial charge on any atom is -0.508 e. The maximum absolute atomic E-state index is 11.1. The molecule has 0 saturated carbocycles. The Morgan fingerprint density at radius 3 is 2.62 bits per heavy atom. The molecule has 0 fully saturated rings. The number of hydrogen-bond donors (Lipinski definition) is 2. The van der Waals surface area contributed by atoms with Crippen LogP contribution < -0.4 is 0 Å². The number of rotatable bonds is 4. The normalized spacial score (nSPS) is 12.2. The van der Waals surface area contributed by atoms with Gasteiger partial charge in [-0.1, -0.05) is 12.1 Å². The van der Waals surface area contributed by atoms with Crippen LogP contribution in [0.15, 0.2) is 18.2 Å². The van der Waals surface area contributed by atoms with E-state index in [4.69, 9.17) is 4.74 Å². The van der Waals surface area contributed by atoms with Crippen LogP contribution in [0.1, 0.15) is 17.2 Å². The van der Waals surface area contributed by atoms with Crippen LogP contribution in [0.5, 0.6) is 5.75 Å². The Balaban J connectivity index is 2.92. The van der Waals surface area contributed by atoms with Gasteiger partial charge in [0.05, 0.1) is 13.7 Å². The second-order valence-electron chi connectivity index (χ2n) is 3.25. The van der Waals surface area contributed by atoms with E-state index >= 15 is 0 Å². The van der Waals surface area contributed by atoms with Gasteiger partial charge in [-0.25, -0.2) is 4.79 Å². The van der Waals surface area contributed by atoms with Gasteiger partial charge in [0.15, 0.2) is 6.10 Å². The molecule has 1 atom stereocenters. The molecule has 0 radical (unpaired) electrons. The predicted molar refractivity (Wildman–Crippen MR) is 55.8 cm³/mol. The van der Waals surface area contributed by atoms with Gasteiger partial charge < -0.3 is 19.7 Å². The van der Waals surface area contributed by atoms with Crippen molar-refractivity contribution in [1.29, 1.82) is 0 Å². The highest BCUT2D eigenvalue weighted by Crippen LogP contribution is 2.24. The molecule has 0 spiro atoms. The van der Waals surface area contributed by atoms with Gasteiger partial charge in [-0.3, -0.25) is 0 Å². The highest BCUT2D eigenvalue weighted by molar-refractivity contribution is 5.76. The molecule has 1 aromatic rings. The Labute approximate surface area is 93.2 Å². The first kappa shape index (κ1) is 12.5. The Morgan fingerprint density at radius 1 is 1.44 bits per heavy atom. The highest BCUT2D eigenvalue weighted by Gasteiger charge is 2.18. The van der Waals surface area contributed by atoms with E-state index in [0.29, 0.717) is 5.56 Å². The minimum absolute atomic E-state index is 0.0256. The van der Waals surface area contributed by atoms with Crippen LogP contribution in [0.2, 0.25) is 0 Å². The zero-order valence-electron chi connectivity index (χ0n) is 9.14. The lowest BCUT2D eigenvalue weighted by Crippen LogP contribution is -2.13. The number of ether oxygens (including phenoxy) is 2. The second-order valence-corrected chi connectivity index (χ2v) is 3.25. The molecule has 0 aliphatic heterocycles. The van der Waals surface area contributed by atoms with E-state index in [1.807, 2.05) is 0 Å². The molecule has 2 N–H and O–H groups in total. The molecule has 16 heavy (non-hydrogen) atoms. The van der Waals surface area contributed by atoms with Crippen LogP contribution in [0, 0.1) is 0 Å². The number of carbonyl (C=O) groups excluding carboxylic acids is 1. The largest absolute Gasteiger partial charge is 0.508 e. The molecule has 5 nitrogen and oxygen atoms in total. The van der Waals surface area contributed by atoms with Gasteiger partial charge >= 0.3 is 5.97 Å². The van der Waals surface area contributed by atoms with Gasteiger partial charge in [-0.15, -0.1) is 0 Å². The standard InChI is InChI=1S/C11H14O5/c1-15-6-8-4-3-7(5-9(8)12)10(13)11(14)16-2/h3-5,10,12-13H,6H2,1-2H3. The minimum atomic E-state index is -1.38. The van der Waals surface area contributed by atoms with Crippen molar-refractivity contribution in [2.24, 2.45) is 0 Å². The zero-order chi connectivity index (χ0) is 12.1. The van der Waals surface area contributed by atoms with Crippen molar-refractivity contribution in [1.82, 2.24) is 0 Å². The number of carbonyl (C=O) groups is 1. The maximum atomic E-state index is 11.1. The van der Waals surface area contributed by atoms with Gasteiger partial charge in [0.2, 0.25) is 0 Å². The molecule has 0 aromatic heterocycles. The summed E-state index contributed by atoms with van der Waals surface area (Å²) in [4.78, 5) is 11.1. The lowest BCUT2D eigenvalue weighted by atomic mass is 10.1. The molecule has 5 heteroatoms. The van der Waals surface area contributed by atoms with Crippen molar-refractivity contribution in [3.05, 3.63) is 29.3 Å². The smallest absolute Gasteiger partial charge is 0.339 e. The summed E-state index contributed by atoms with van der Waals surface area (Å²) in [6.07, 6.45) is -1.38. The Hall–Kier alpha value is -1.59. The molecule has 0 bridgehead atoms. The number of aromatic hydroxyl groups is 1. The van der Waals surface area contributed by atoms with Gasteiger partial charge in [-0.05, 0) is 11.6 Å². The fraction of sp³-hybridized carbons (Fsp3) is 0.364. The van der Waals surface area contributed by atoms with E-state index in [1.165, 1.54) is 26.4 Å². The van der Waals surface area contributed by atoms with Crippen molar-refractivity contribution < 1.29 is 24.5 Å². The van der Waals surface area contributed by atoms with Crippen molar-refractivity contribution in [2.45, 2.75) is 12.7 Å². The number of aliphatic hydroxyl groups is 1. The summed E-state index contributed by atoms with van der Waals surface area (Å²) in [5.41, 5.74) is 0.868. The molecule has 0 aliphatic rings. The fourth-order valence-corrected chi connectivity index (χ4v) is 1.28. The van der Waals surface area contributed by atoms with Crippen molar-refractivity contribution in [3.63, 3.8) is 0 Å². The summed E-state index contributed by atoms with van der Waals surface area (Å²) in [5.74, 6) is -0.791. The quantitative estimate of drug-likeness (QED) is 0.741. The molecule has 0 heterocycles. The molecule has 0 saturated heterocycles. The topological polar surface area (TPSA) is 76.0 Å². The van der Waals surface area contributed by atoms with Crippen molar-refractivity contribution in [3.8, 4) is 5.75 Å². The first-order valence-corrected chi connectivity index (χ1v) is 4.66. The third-order valence-corrected chi connectivity index (χ3v) is 2.15. The maximum Gasteiger partial charge on any atom is 0.339 e. The number of esters is 1. The lowest BCUT2D eigenvalue weighted by molar-refractivity contribution is -0.150. The molecular formula is C11H14O5. The first-order valence-electron chi connectivity index (χ1n) is 4.66. The summed E-state index contributed by atoms with van der Waals surface area (Å²) in [5, 5.41) is 19.1. The molecule has 88 valence electrons. The van der Waals surface area contributed by atoms with E-state index in [-0.39, 0.29) is 17.9 Å². The van der Waals surface area contributed by atoms with Crippen LogP contribution in [0.4, 0.5) is 0 Å². The van der Waals surface area contributed by atoms with Crippen molar-refractivity contribution in [2.75, 3.05) is 14.2 Å². The highest BCUT2D eigenvalue weighted by atomic mass is 16.5. The number of benzene rings is 1. The third-order valence-electron chi connectivity index (χ3n) is 2.15. The number of phenols is 1. The summed E-state index contributed by atoms with van der Waals surface area (Å²) < 4.78 is 9.25. The number of aliphatic hydroxyl groups excluding tert-OH is 1. The Morgan fingerprint density at radius 2 is 2.12 bits per heavy atom. The fourth-order valence-electron chi connectivity index (χ4n) is 1.28. The average molecular weight is 226 g/mol. The lowest BCUT2D eigenvalue weighted by Gasteiger charge is -2.10. The van der Waals surface area contributed by atoms with Crippen molar-refractivity contribution >= 4 is 5.97 Å². The van der Waals surface area contributed by atoms with Gasteiger partial charge in [0.25, 0.3) is 0 Å². The number of phenolic OH excluding ortho intramolecular Hbond substituents is 1. The predicted octanol–water partition coefficient (Wildman–Crippen LogP) is 0.745. The molecule has 1 unspecified atom stereocenters. The SMILES string of the molecule is COCc1ccc(C(O)C(=O)OC)cc1O. The second kappa shape index (κ2) is 5.48. The van der Waals surface area contributed by atoms with Crippen LogP contribution in [-0.4, -0.2) is 30.4 Å². The summed E-state index contributed by atoms with van der Waals surface area (Å²) in [6, 6.07) is 4.44. The molecule has 0 aliphatic carbocycles. The van der Waals surface area contributed by atoms with Gasteiger partial charge in [0.1, 0.15) is 5.75 Å². The number of hydrogen-bond acceptors (Lipinski definition) is 5. The van der Waals surface area contributed by atoms with Crippen LogP contribution in [-0.2, 0) is 20.9 Å². The van der Waals surface area contributed by atoms with Crippen LogP contribution in [0.25, 0.3) is 0 Å². The molecular weight excluding hydrogens is 212 g/mol. The monoisotopic (exact) mass is 226 g/mol. The van der Waals surface area contributed by atoms with E-state index in [2.05, 4.69) is 4.74 Å². The Bertz CT molecular complexity index is 375. The van der Waals surface area contributed by atoms with E-state index < -0.39 is 12.1 Å². The zero-order valence-corrected chi connectivity index (χ0v) is 9.14. The summed E-state index contributed by atoms with van der Waals surface area (Å²) in [7, 11) is 2.70. The average Bonchev–Trinajstić information content (AvgIpc) is 2.30. The molecule has 0 amide bonds. The van der Waals surface area contributed by atoms with Gasteiger partial charge in [-0.2, -0.15) is 0 Å². The van der Waals surface area contributed by atoms with E-state index in [1.54, 1.807) is 6.07 Å². The summed E-state index contributed by atoms with van der Waals surface area (Å²) >= 11 is 0. The Kier molecular flexibility index (Phi) is 4.28. The van der Waals surface area contributed by atoms with Crippen LogP contribution >= 0.6 is 0 Å². The summed E-state index contributed by atoms with van der Waals surface area (Å²) in [6.45, 7) is 0.264. The molecule has 1 aromatic carbocycles. The van der Waals surface area contributed by atoms with Gasteiger partial charge in [0, 0.05) is 12.7 Å². The third kappa shape index (κ3) is 2.71. The first-order chi connectivity index (χ1) is 7.60. The van der Waals surface area contributed by atoms with E-state index in [9.17, 15) is 15.0 Å². The van der Waals surface area contributed by atoms with Crippen LogP contribution in [0.3, 0.4) is 0 Å². The number of methoxy groups -OCH3 is 2. The van der Waals surface area contributed by atoms with E-state index in [0.717, 1.165) is 0 Å².